The van der Waals surface area contributed by atoms with Crippen molar-refractivity contribution >= 4 is 16.5 Å². The van der Waals surface area contributed by atoms with Crippen LogP contribution in [0.25, 0.3) is 0 Å². The Morgan fingerprint density at radius 2 is 2.14 bits per heavy atom. The number of aromatic nitrogens is 1. The van der Waals surface area contributed by atoms with Crippen LogP contribution < -0.4 is 10.6 Å². The molecular weight excluding hydrogens is 284 g/mol. The summed E-state index contributed by atoms with van der Waals surface area (Å²) in [6.45, 7) is 8.94. The lowest BCUT2D eigenvalue weighted by atomic mass is 10.2. The molecule has 0 amide bonds. The number of thiazole rings is 1. The molecule has 21 heavy (non-hydrogen) atoms. The highest BCUT2D eigenvalue weighted by Crippen LogP contribution is 2.30. The molecule has 0 radical (unpaired) electrons. The summed E-state index contributed by atoms with van der Waals surface area (Å²) in [5.74, 6) is 0. The third-order valence-corrected chi connectivity index (χ3v) is 5.62. The predicted molar refractivity (Wildman–Crippen MR) is 87.0 cm³/mol. The zero-order valence-electron chi connectivity index (χ0n) is 12.9. The normalized spacial score (nSPS) is 23.9. The summed E-state index contributed by atoms with van der Waals surface area (Å²) in [5, 5.41) is 1.18. The van der Waals surface area contributed by atoms with Crippen molar-refractivity contribution in [2.24, 2.45) is 5.73 Å². The molecule has 2 aliphatic rings. The van der Waals surface area contributed by atoms with Crippen LogP contribution in [0.1, 0.15) is 30.3 Å². The fourth-order valence-corrected chi connectivity index (χ4v) is 4.27. The molecule has 2 aliphatic heterocycles. The van der Waals surface area contributed by atoms with Crippen molar-refractivity contribution in [2.45, 2.75) is 38.8 Å². The fourth-order valence-electron chi connectivity index (χ4n) is 3.25. The van der Waals surface area contributed by atoms with Gasteiger partial charge < -0.3 is 15.4 Å². The second kappa shape index (κ2) is 7.05. The lowest BCUT2D eigenvalue weighted by Crippen LogP contribution is -2.44. The Morgan fingerprint density at radius 1 is 1.33 bits per heavy atom. The van der Waals surface area contributed by atoms with E-state index in [-0.39, 0.29) is 0 Å². The van der Waals surface area contributed by atoms with Crippen molar-refractivity contribution in [1.82, 2.24) is 9.88 Å². The maximum Gasteiger partial charge on any atom is 0.185 e. The van der Waals surface area contributed by atoms with Gasteiger partial charge in [-0.2, -0.15) is 0 Å². The smallest absolute Gasteiger partial charge is 0.185 e. The Hall–Kier alpha value is -0.690. The predicted octanol–water partition coefficient (Wildman–Crippen LogP) is 1.47. The first-order valence-electron chi connectivity index (χ1n) is 8.07. The highest BCUT2D eigenvalue weighted by Gasteiger charge is 2.30. The van der Waals surface area contributed by atoms with E-state index < -0.39 is 0 Å². The second-order valence-corrected chi connectivity index (χ2v) is 6.92. The van der Waals surface area contributed by atoms with Crippen LogP contribution in [0, 0.1) is 0 Å². The van der Waals surface area contributed by atoms with Gasteiger partial charge in [-0.15, -0.1) is 11.3 Å². The fraction of sp³-hybridized carbons (Fsp3) is 0.800. The highest BCUT2D eigenvalue weighted by atomic mass is 32.1. The van der Waals surface area contributed by atoms with Gasteiger partial charge in [0.1, 0.15) is 0 Å². The maximum absolute atomic E-state index is 5.87. The van der Waals surface area contributed by atoms with Crippen LogP contribution in [0.4, 0.5) is 5.13 Å². The first-order chi connectivity index (χ1) is 10.3. The summed E-state index contributed by atoms with van der Waals surface area (Å²) >= 11 is 1.79. The van der Waals surface area contributed by atoms with Gasteiger partial charge in [0.2, 0.25) is 0 Å². The Bertz CT molecular complexity index is 459. The van der Waals surface area contributed by atoms with E-state index in [2.05, 4.69) is 16.7 Å². The molecule has 2 fully saturated rings. The van der Waals surface area contributed by atoms with Crippen molar-refractivity contribution in [1.29, 1.82) is 0 Å². The molecule has 1 atom stereocenters. The SMILES string of the molecule is CCCc1nc(N2CCC(N3CCOCC3)C2)sc1CN. The lowest BCUT2D eigenvalue weighted by Gasteiger charge is -2.32. The van der Waals surface area contributed by atoms with Crippen LogP contribution in [0.3, 0.4) is 0 Å². The second-order valence-electron chi connectivity index (χ2n) is 5.86. The maximum atomic E-state index is 5.87. The molecule has 118 valence electrons. The van der Waals surface area contributed by atoms with Gasteiger partial charge in [-0.25, -0.2) is 4.98 Å². The standard InChI is InChI=1S/C15H26N4OS/c1-2-3-13-14(10-16)21-15(17-13)19-5-4-12(11-19)18-6-8-20-9-7-18/h12H,2-11,16H2,1H3. The Balaban J connectivity index is 1.65. The molecule has 1 unspecified atom stereocenters. The number of hydrogen-bond donors (Lipinski definition) is 1. The van der Waals surface area contributed by atoms with Gasteiger partial charge in [0.25, 0.3) is 0 Å². The van der Waals surface area contributed by atoms with Crippen LogP contribution in [-0.2, 0) is 17.7 Å². The molecule has 1 aromatic rings. The lowest BCUT2D eigenvalue weighted by molar-refractivity contribution is 0.0209. The van der Waals surface area contributed by atoms with E-state index in [0.717, 1.165) is 52.2 Å². The molecule has 5 nitrogen and oxygen atoms in total. The number of nitrogens with two attached hydrogens (primary N) is 1. The average Bonchev–Trinajstić information content (AvgIpc) is 3.15. The van der Waals surface area contributed by atoms with E-state index in [1.807, 2.05) is 0 Å². The van der Waals surface area contributed by atoms with E-state index in [4.69, 9.17) is 15.5 Å². The van der Waals surface area contributed by atoms with Crippen LogP contribution >= 0.6 is 11.3 Å². The monoisotopic (exact) mass is 310 g/mol. The molecule has 0 saturated carbocycles. The van der Waals surface area contributed by atoms with E-state index in [9.17, 15) is 0 Å². The van der Waals surface area contributed by atoms with Crippen molar-refractivity contribution in [3.05, 3.63) is 10.6 Å². The number of morpholine rings is 1. The number of nitrogens with zero attached hydrogens (tertiary/aromatic N) is 3. The molecule has 0 aromatic carbocycles. The third-order valence-electron chi connectivity index (χ3n) is 4.44. The first kappa shape index (κ1) is 15.2. The Labute approximate surface area is 131 Å². The molecule has 3 rings (SSSR count). The van der Waals surface area contributed by atoms with E-state index in [1.165, 1.54) is 22.1 Å². The van der Waals surface area contributed by atoms with Gasteiger partial charge in [-0.1, -0.05) is 13.3 Å². The third kappa shape index (κ3) is 3.39. The number of rotatable bonds is 5. The zero-order chi connectivity index (χ0) is 14.7. The highest BCUT2D eigenvalue weighted by molar-refractivity contribution is 7.15. The van der Waals surface area contributed by atoms with Gasteiger partial charge in [0, 0.05) is 43.6 Å². The largest absolute Gasteiger partial charge is 0.379 e. The Kier molecular flexibility index (Phi) is 5.11. The molecule has 6 heteroatoms. The Morgan fingerprint density at radius 3 is 2.86 bits per heavy atom. The van der Waals surface area contributed by atoms with Crippen molar-refractivity contribution < 1.29 is 4.74 Å². The van der Waals surface area contributed by atoms with Gasteiger partial charge in [0.15, 0.2) is 5.13 Å². The number of aryl methyl sites for hydroxylation is 1. The topological polar surface area (TPSA) is 54.6 Å². The van der Waals surface area contributed by atoms with E-state index >= 15 is 0 Å². The van der Waals surface area contributed by atoms with Gasteiger partial charge >= 0.3 is 0 Å². The number of anilines is 1. The molecule has 2 N–H and O–H groups in total. The quantitative estimate of drug-likeness (QED) is 0.892. The summed E-state index contributed by atoms with van der Waals surface area (Å²) in [4.78, 5) is 11.1. The molecule has 1 aromatic heterocycles. The molecule has 2 saturated heterocycles. The number of ether oxygens (including phenoxy) is 1. The summed E-state index contributed by atoms with van der Waals surface area (Å²) in [6, 6.07) is 0.661. The summed E-state index contributed by atoms with van der Waals surface area (Å²) in [7, 11) is 0. The summed E-state index contributed by atoms with van der Waals surface area (Å²) in [6.07, 6.45) is 3.41. The molecule has 0 spiro atoms. The molecule has 0 aliphatic carbocycles. The van der Waals surface area contributed by atoms with Crippen LogP contribution in [0.5, 0.6) is 0 Å². The van der Waals surface area contributed by atoms with Crippen molar-refractivity contribution in [3.63, 3.8) is 0 Å². The van der Waals surface area contributed by atoms with Crippen molar-refractivity contribution in [2.75, 3.05) is 44.3 Å². The minimum Gasteiger partial charge on any atom is -0.379 e. The molecular formula is C15H26N4OS. The average molecular weight is 310 g/mol. The molecule has 0 bridgehead atoms. The van der Waals surface area contributed by atoms with Crippen molar-refractivity contribution in [3.8, 4) is 0 Å². The zero-order valence-corrected chi connectivity index (χ0v) is 13.7. The van der Waals surface area contributed by atoms with E-state index in [1.54, 1.807) is 11.3 Å². The minimum absolute atomic E-state index is 0.619. The van der Waals surface area contributed by atoms with E-state index in [0.29, 0.717) is 12.6 Å². The van der Waals surface area contributed by atoms with Gasteiger partial charge in [0.05, 0.1) is 18.9 Å². The van der Waals surface area contributed by atoms with Gasteiger partial charge in [-0.05, 0) is 12.8 Å². The van der Waals surface area contributed by atoms with Crippen LogP contribution in [-0.4, -0.2) is 55.3 Å². The van der Waals surface area contributed by atoms with Crippen LogP contribution in [0.2, 0.25) is 0 Å². The van der Waals surface area contributed by atoms with Crippen LogP contribution in [0.15, 0.2) is 0 Å². The first-order valence-corrected chi connectivity index (χ1v) is 8.88. The minimum atomic E-state index is 0.619. The van der Waals surface area contributed by atoms with Gasteiger partial charge in [-0.3, -0.25) is 4.90 Å². The summed E-state index contributed by atoms with van der Waals surface area (Å²) < 4.78 is 5.45. The number of hydrogen-bond acceptors (Lipinski definition) is 6. The molecule has 3 heterocycles. The summed E-state index contributed by atoms with van der Waals surface area (Å²) in [5.41, 5.74) is 7.08.